The molecule has 0 aliphatic rings. The topological polar surface area (TPSA) is 50.4 Å². The number of nitrogens with one attached hydrogen (secondary N) is 1. The molecular formula is C15H15F3IN3. The molecule has 0 atom stereocenters. The highest BCUT2D eigenvalue weighted by Crippen LogP contribution is 2.29. The number of guanidine groups is 1. The fourth-order valence-electron chi connectivity index (χ4n) is 1.68. The number of halogens is 4. The molecule has 0 radical (unpaired) electrons. The molecule has 3 N–H and O–H groups in total. The summed E-state index contributed by atoms with van der Waals surface area (Å²) < 4.78 is 37.3. The molecule has 0 spiro atoms. The summed E-state index contributed by atoms with van der Waals surface area (Å²) >= 11 is 0. The van der Waals surface area contributed by atoms with E-state index in [9.17, 15) is 13.2 Å². The van der Waals surface area contributed by atoms with Crippen LogP contribution in [0.15, 0.2) is 59.6 Å². The zero-order valence-corrected chi connectivity index (χ0v) is 13.8. The quantitative estimate of drug-likeness (QED) is 0.443. The highest BCUT2D eigenvalue weighted by atomic mass is 127. The van der Waals surface area contributed by atoms with Crippen LogP contribution in [-0.4, -0.2) is 5.96 Å². The Hall–Kier alpha value is -1.77. The molecule has 0 aromatic heterocycles. The van der Waals surface area contributed by atoms with E-state index in [-0.39, 0.29) is 36.5 Å². The van der Waals surface area contributed by atoms with Crippen LogP contribution in [0, 0.1) is 0 Å². The van der Waals surface area contributed by atoms with E-state index in [1.165, 1.54) is 12.1 Å². The highest BCUT2D eigenvalue weighted by Gasteiger charge is 2.29. The second-order valence-corrected chi connectivity index (χ2v) is 4.39. The van der Waals surface area contributed by atoms with Gasteiger partial charge in [0.05, 0.1) is 12.1 Å². The maximum atomic E-state index is 12.4. The summed E-state index contributed by atoms with van der Waals surface area (Å²) in [5.74, 6) is 0.209. The van der Waals surface area contributed by atoms with Gasteiger partial charge in [-0.2, -0.15) is 13.2 Å². The number of para-hydroxylation sites is 1. The zero-order valence-electron chi connectivity index (χ0n) is 11.5. The Morgan fingerprint density at radius 3 is 2.14 bits per heavy atom. The van der Waals surface area contributed by atoms with Crippen LogP contribution in [0.4, 0.5) is 18.9 Å². The Bertz CT molecular complexity index is 610. The monoisotopic (exact) mass is 421 g/mol. The van der Waals surface area contributed by atoms with Gasteiger partial charge < -0.3 is 11.1 Å². The third kappa shape index (κ3) is 5.55. The van der Waals surface area contributed by atoms with Gasteiger partial charge in [0.25, 0.3) is 0 Å². The van der Waals surface area contributed by atoms with Gasteiger partial charge in [0, 0.05) is 5.69 Å². The van der Waals surface area contributed by atoms with Gasteiger partial charge in [0.1, 0.15) is 0 Å². The van der Waals surface area contributed by atoms with Crippen LogP contribution in [0.5, 0.6) is 0 Å². The third-order valence-corrected chi connectivity index (χ3v) is 2.76. The van der Waals surface area contributed by atoms with Crippen LogP contribution in [0.2, 0.25) is 0 Å². The molecule has 22 heavy (non-hydrogen) atoms. The van der Waals surface area contributed by atoms with Gasteiger partial charge in [-0.05, 0) is 29.8 Å². The number of hydrogen-bond donors (Lipinski definition) is 2. The molecule has 0 aliphatic carbocycles. The van der Waals surface area contributed by atoms with E-state index in [2.05, 4.69) is 10.3 Å². The number of benzene rings is 2. The van der Waals surface area contributed by atoms with Crippen molar-refractivity contribution in [3.8, 4) is 0 Å². The fourth-order valence-corrected chi connectivity index (χ4v) is 1.68. The van der Waals surface area contributed by atoms with Gasteiger partial charge in [-0.25, -0.2) is 4.99 Å². The molecule has 0 amide bonds. The summed E-state index contributed by atoms with van der Waals surface area (Å²) in [7, 11) is 0. The first kappa shape index (κ1) is 18.3. The molecule has 7 heteroatoms. The lowest BCUT2D eigenvalue weighted by Gasteiger charge is -2.07. The van der Waals surface area contributed by atoms with Crippen molar-refractivity contribution in [1.82, 2.24) is 0 Å². The number of nitrogens with zero attached hydrogens (tertiary/aromatic N) is 1. The van der Waals surface area contributed by atoms with Crippen LogP contribution < -0.4 is 11.1 Å². The molecule has 0 aliphatic heterocycles. The Morgan fingerprint density at radius 2 is 1.59 bits per heavy atom. The average molecular weight is 421 g/mol. The average Bonchev–Trinajstić information content (AvgIpc) is 2.46. The molecule has 118 valence electrons. The predicted molar refractivity (Wildman–Crippen MR) is 92.3 cm³/mol. The van der Waals surface area contributed by atoms with Crippen molar-refractivity contribution >= 4 is 35.6 Å². The SMILES string of the molecule is I.NC(=NCc1ccc(C(F)(F)F)cc1)Nc1ccccc1. The Morgan fingerprint density at radius 1 is 1.00 bits per heavy atom. The second kappa shape index (κ2) is 8.02. The Labute approximate surface area is 143 Å². The van der Waals surface area contributed by atoms with Crippen molar-refractivity contribution in [1.29, 1.82) is 0 Å². The minimum atomic E-state index is -4.32. The fraction of sp³-hybridized carbons (Fsp3) is 0.133. The van der Waals surface area contributed by atoms with E-state index in [1.807, 2.05) is 30.3 Å². The number of rotatable bonds is 3. The van der Waals surface area contributed by atoms with Crippen molar-refractivity contribution in [3.05, 3.63) is 65.7 Å². The molecule has 0 saturated carbocycles. The van der Waals surface area contributed by atoms with Gasteiger partial charge >= 0.3 is 6.18 Å². The summed E-state index contributed by atoms with van der Waals surface area (Å²) in [5.41, 5.74) is 6.49. The lowest BCUT2D eigenvalue weighted by Crippen LogP contribution is -2.22. The minimum absolute atomic E-state index is 0. The highest BCUT2D eigenvalue weighted by molar-refractivity contribution is 14.0. The lowest BCUT2D eigenvalue weighted by atomic mass is 10.1. The standard InChI is InChI=1S/C15H14F3N3.HI/c16-15(17,18)12-8-6-11(7-9-12)10-20-14(19)21-13-4-2-1-3-5-13;/h1-9H,10H2,(H3,19,20,21);1H. The van der Waals surface area contributed by atoms with Crippen molar-refractivity contribution in [2.75, 3.05) is 5.32 Å². The largest absolute Gasteiger partial charge is 0.416 e. The summed E-state index contributed by atoms with van der Waals surface area (Å²) in [6.45, 7) is 0.212. The van der Waals surface area contributed by atoms with Crippen LogP contribution >= 0.6 is 24.0 Å². The van der Waals surface area contributed by atoms with Crippen molar-refractivity contribution in [3.63, 3.8) is 0 Å². The van der Waals surface area contributed by atoms with E-state index < -0.39 is 11.7 Å². The molecule has 2 aromatic rings. The van der Waals surface area contributed by atoms with Crippen molar-refractivity contribution < 1.29 is 13.2 Å². The second-order valence-electron chi connectivity index (χ2n) is 4.39. The van der Waals surface area contributed by atoms with E-state index in [0.717, 1.165) is 17.8 Å². The number of nitrogens with two attached hydrogens (primary N) is 1. The van der Waals surface area contributed by atoms with Crippen molar-refractivity contribution in [2.45, 2.75) is 12.7 Å². The first-order valence-corrected chi connectivity index (χ1v) is 6.23. The van der Waals surface area contributed by atoms with E-state index in [1.54, 1.807) is 0 Å². The minimum Gasteiger partial charge on any atom is -0.370 e. The lowest BCUT2D eigenvalue weighted by molar-refractivity contribution is -0.137. The Balaban J connectivity index is 0.00000242. The summed E-state index contributed by atoms with van der Waals surface area (Å²) in [6.07, 6.45) is -4.32. The molecule has 0 heterocycles. The van der Waals surface area contributed by atoms with Crippen LogP contribution in [0.25, 0.3) is 0 Å². The molecule has 0 fully saturated rings. The zero-order chi connectivity index (χ0) is 15.3. The molecule has 2 rings (SSSR count). The summed E-state index contributed by atoms with van der Waals surface area (Å²) in [5, 5.41) is 2.90. The molecule has 0 bridgehead atoms. The predicted octanol–water partition coefficient (Wildman–Crippen LogP) is 4.25. The van der Waals surface area contributed by atoms with Gasteiger partial charge in [-0.1, -0.05) is 30.3 Å². The van der Waals surface area contributed by atoms with E-state index in [0.29, 0.717) is 5.56 Å². The molecule has 2 aromatic carbocycles. The molecular weight excluding hydrogens is 406 g/mol. The number of hydrogen-bond acceptors (Lipinski definition) is 1. The number of anilines is 1. The van der Waals surface area contributed by atoms with Crippen molar-refractivity contribution in [2.24, 2.45) is 10.7 Å². The first-order valence-electron chi connectivity index (χ1n) is 6.23. The van der Waals surface area contributed by atoms with Gasteiger partial charge in [0.15, 0.2) is 5.96 Å². The smallest absolute Gasteiger partial charge is 0.370 e. The van der Waals surface area contributed by atoms with Crippen LogP contribution in [0.3, 0.4) is 0 Å². The first-order chi connectivity index (χ1) is 9.95. The van der Waals surface area contributed by atoms with Crippen LogP contribution in [0.1, 0.15) is 11.1 Å². The number of aliphatic imine (C=N–C) groups is 1. The number of alkyl halides is 3. The molecule has 0 unspecified atom stereocenters. The Kier molecular flexibility index (Phi) is 6.66. The summed E-state index contributed by atoms with van der Waals surface area (Å²) in [6, 6.07) is 14.1. The van der Waals surface area contributed by atoms with E-state index >= 15 is 0 Å². The maximum absolute atomic E-state index is 12.4. The van der Waals surface area contributed by atoms with Gasteiger partial charge in [0.2, 0.25) is 0 Å². The maximum Gasteiger partial charge on any atom is 0.416 e. The normalized spacial score (nSPS) is 11.7. The molecule has 3 nitrogen and oxygen atoms in total. The van der Waals surface area contributed by atoms with E-state index in [4.69, 9.17) is 5.73 Å². The van der Waals surface area contributed by atoms with Gasteiger partial charge in [-0.3, -0.25) is 0 Å². The molecule has 0 saturated heterocycles. The van der Waals surface area contributed by atoms with Gasteiger partial charge in [-0.15, -0.1) is 24.0 Å². The third-order valence-electron chi connectivity index (χ3n) is 2.76. The van der Waals surface area contributed by atoms with Crippen LogP contribution in [-0.2, 0) is 12.7 Å². The summed E-state index contributed by atoms with van der Waals surface area (Å²) in [4.78, 5) is 4.08.